The first-order chi connectivity index (χ1) is 11.0. The molecule has 2 amide bonds. The summed E-state index contributed by atoms with van der Waals surface area (Å²) in [5, 5.41) is 5.53. The van der Waals surface area contributed by atoms with E-state index < -0.39 is 0 Å². The molecule has 23 heavy (non-hydrogen) atoms. The summed E-state index contributed by atoms with van der Waals surface area (Å²) in [5.74, 6) is -0.00866. The number of hydrogen-bond acceptors (Lipinski definition) is 4. The maximum Gasteiger partial charge on any atom is 0.228 e. The number of carbonyl (C=O) groups is 2. The number of thiazole rings is 1. The lowest BCUT2D eigenvalue weighted by Crippen LogP contribution is -2.31. The van der Waals surface area contributed by atoms with Gasteiger partial charge in [0.05, 0.1) is 12.1 Å². The second-order valence-corrected chi connectivity index (χ2v) is 6.01. The van der Waals surface area contributed by atoms with E-state index in [1.165, 1.54) is 18.3 Å². The van der Waals surface area contributed by atoms with Gasteiger partial charge in [0.2, 0.25) is 11.8 Å². The quantitative estimate of drug-likeness (QED) is 0.884. The molecule has 5 nitrogen and oxygen atoms in total. The Morgan fingerprint density at radius 2 is 2.00 bits per heavy atom. The molecule has 1 heterocycles. The molecule has 2 rings (SSSR count). The van der Waals surface area contributed by atoms with Crippen LogP contribution in [0.5, 0.6) is 0 Å². The topological polar surface area (TPSA) is 62.3 Å². The third kappa shape index (κ3) is 4.63. The van der Waals surface area contributed by atoms with Crippen molar-refractivity contribution in [2.45, 2.75) is 27.2 Å². The van der Waals surface area contributed by atoms with E-state index in [-0.39, 0.29) is 11.8 Å². The zero-order chi connectivity index (χ0) is 16.8. The zero-order valence-corrected chi connectivity index (χ0v) is 14.4. The Morgan fingerprint density at radius 1 is 1.26 bits per heavy atom. The number of rotatable bonds is 6. The molecule has 0 unspecified atom stereocenters. The molecule has 0 aliphatic heterocycles. The van der Waals surface area contributed by atoms with Crippen LogP contribution in [-0.2, 0) is 16.0 Å². The highest BCUT2D eigenvalue weighted by atomic mass is 32.1. The smallest absolute Gasteiger partial charge is 0.228 e. The van der Waals surface area contributed by atoms with Crippen molar-refractivity contribution in [3.63, 3.8) is 0 Å². The molecule has 0 aliphatic carbocycles. The van der Waals surface area contributed by atoms with Gasteiger partial charge in [-0.2, -0.15) is 0 Å². The number of hydrogen-bond donors (Lipinski definition) is 1. The third-order valence-corrected chi connectivity index (χ3v) is 4.37. The van der Waals surface area contributed by atoms with Crippen LogP contribution in [0.15, 0.2) is 29.6 Å². The highest BCUT2D eigenvalue weighted by molar-refractivity contribution is 7.13. The van der Waals surface area contributed by atoms with Gasteiger partial charge in [0.15, 0.2) is 0 Å². The predicted molar refractivity (Wildman–Crippen MR) is 93.5 cm³/mol. The molecule has 0 atom stereocenters. The number of nitrogens with zero attached hydrogens (tertiary/aromatic N) is 2. The molecule has 122 valence electrons. The number of aromatic nitrogens is 1. The minimum absolute atomic E-state index is 0.0962. The van der Waals surface area contributed by atoms with Crippen LogP contribution >= 0.6 is 11.3 Å². The molecule has 0 radical (unpaired) electrons. The molecule has 0 saturated heterocycles. The van der Waals surface area contributed by atoms with Gasteiger partial charge in [0.1, 0.15) is 5.01 Å². The average molecular weight is 331 g/mol. The minimum atomic E-state index is -0.105. The van der Waals surface area contributed by atoms with E-state index in [2.05, 4.69) is 10.3 Å². The molecular weight excluding hydrogens is 310 g/mol. The molecule has 0 aliphatic rings. The van der Waals surface area contributed by atoms with Crippen molar-refractivity contribution in [1.82, 2.24) is 9.88 Å². The summed E-state index contributed by atoms with van der Waals surface area (Å²) in [6.07, 6.45) is 0.323. The number of benzene rings is 1. The molecule has 0 spiro atoms. The molecule has 1 N–H and O–H groups in total. The Labute approximate surface area is 140 Å². The van der Waals surface area contributed by atoms with E-state index in [4.69, 9.17) is 0 Å². The van der Waals surface area contributed by atoms with Crippen LogP contribution < -0.4 is 5.32 Å². The highest BCUT2D eigenvalue weighted by Gasteiger charge is 2.13. The second-order valence-electron chi connectivity index (χ2n) is 5.15. The Kier molecular flexibility index (Phi) is 5.87. The lowest BCUT2D eigenvalue weighted by molar-refractivity contribution is -0.130. The van der Waals surface area contributed by atoms with E-state index >= 15 is 0 Å². The number of carbonyl (C=O) groups excluding carboxylic acids is 2. The fourth-order valence-corrected chi connectivity index (χ4v) is 3.11. The maximum absolute atomic E-state index is 12.1. The standard InChI is InChI=1S/C17H21N3O2S/c1-4-20(5-2)16(22)10-15-11-23-17(19-15)13-7-6-8-14(9-13)18-12(3)21/h6-9,11H,4-5,10H2,1-3H3,(H,18,21). The van der Waals surface area contributed by atoms with Crippen molar-refractivity contribution in [2.24, 2.45) is 0 Å². The monoisotopic (exact) mass is 331 g/mol. The van der Waals surface area contributed by atoms with Gasteiger partial charge in [-0.15, -0.1) is 11.3 Å². The van der Waals surface area contributed by atoms with Crippen LogP contribution in [0.1, 0.15) is 26.5 Å². The molecule has 1 aromatic carbocycles. The first-order valence-corrected chi connectivity index (χ1v) is 8.51. The van der Waals surface area contributed by atoms with E-state index in [1.807, 2.05) is 43.5 Å². The van der Waals surface area contributed by atoms with Crippen molar-refractivity contribution in [1.29, 1.82) is 0 Å². The number of amides is 2. The summed E-state index contributed by atoms with van der Waals surface area (Å²) >= 11 is 1.50. The van der Waals surface area contributed by atoms with E-state index in [9.17, 15) is 9.59 Å². The van der Waals surface area contributed by atoms with Gasteiger partial charge in [-0.3, -0.25) is 9.59 Å². The van der Waals surface area contributed by atoms with Gasteiger partial charge in [-0.05, 0) is 26.0 Å². The van der Waals surface area contributed by atoms with Crippen LogP contribution in [-0.4, -0.2) is 34.8 Å². The van der Waals surface area contributed by atoms with Crippen LogP contribution in [0, 0.1) is 0 Å². The molecule has 6 heteroatoms. The first kappa shape index (κ1) is 17.1. The van der Waals surface area contributed by atoms with Crippen molar-refractivity contribution in [2.75, 3.05) is 18.4 Å². The minimum Gasteiger partial charge on any atom is -0.343 e. The molecule has 0 fully saturated rings. The summed E-state index contributed by atoms with van der Waals surface area (Å²) in [5.41, 5.74) is 2.46. The maximum atomic E-state index is 12.1. The Hall–Kier alpha value is -2.21. The van der Waals surface area contributed by atoms with Crippen LogP contribution in [0.4, 0.5) is 5.69 Å². The number of anilines is 1. The van der Waals surface area contributed by atoms with Crippen molar-refractivity contribution in [3.05, 3.63) is 35.3 Å². The van der Waals surface area contributed by atoms with Crippen LogP contribution in [0.2, 0.25) is 0 Å². The first-order valence-electron chi connectivity index (χ1n) is 7.63. The lowest BCUT2D eigenvalue weighted by atomic mass is 10.2. The van der Waals surface area contributed by atoms with Crippen molar-refractivity contribution >= 4 is 28.8 Å². The van der Waals surface area contributed by atoms with Gasteiger partial charge in [-0.1, -0.05) is 12.1 Å². The number of nitrogens with one attached hydrogen (secondary N) is 1. The van der Waals surface area contributed by atoms with Crippen molar-refractivity contribution in [3.8, 4) is 10.6 Å². The largest absolute Gasteiger partial charge is 0.343 e. The Morgan fingerprint density at radius 3 is 2.65 bits per heavy atom. The summed E-state index contributed by atoms with van der Waals surface area (Å²) in [7, 11) is 0. The highest BCUT2D eigenvalue weighted by Crippen LogP contribution is 2.26. The van der Waals surface area contributed by atoms with Gasteiger partial charge < -0.3 is 10.2 Å². The molecule has 2 aromatic rings. The molecule has 0 saturated carbocycles. The average Bonchev–Trinajstić information content (AvgIpc) is 2.96. The second kappa shape index (κ2) is 7.87. The summed E-state index contributed by atoms with van der Waals surface area (Å²) in [6, 6.07) is 7.54. The molecule has 1 aromatic heterocycles. The summed E-state index contributed by atoms with van der Waals surface area (Å²) in [6.45, 7) is 6.85. The third-order valence-electron chi connectivity index (χ3n) is 3.43. The van der Waals surface area contributed by atoms with Gasteiger partial charge in [0, 0.05) is 36.6 Å². The van der Waals surface area contributed by atoms with Gasteiger partial charge >= 0.3 is 0 Å². The fraction of sp³-hybridized carbons (Fsp3) is 0.353. The van der Waals surface area contributed by atoms with Crippen LogP contribution in [0.25, 0.3) is 10.6 Å². The molecule has 0 bridgehead atoms. The molecular formula is C17H21N3O2S. The van der Waals surface area contributed by atoms with Crippen LogP contribution in [0.3, 0.4) is 0 Å². The van der Waals surface area contributed by atoms with E-state index in [0.717, 1.165) is 22.0 Å². The van der Waals surface area contributed by atoms with E-state index in [1.54, 1.807) is 4.90 Å². The summed E-state index contributed by atoms with van der Waals surface area (Å²) < 4.78 is 0. The predicted octanol–water partition coefficient (Wildman–Crippen LogP) is 3.18. The Balaban J connectivity index is 2.13. The van der Waals surface area contributed by atoms with E-state index in [0.29, 0.717) is 19.5 Å². The van der Waals surface area contributed by atoms with Gasteiger partial charge in [-0.25, -0.2) is 4.98 Å². The normalized spacial score (nSPS) is 10.4. The SMILES string of the molecule is CCN(CC)C(=O)Cc1csc(-c2cccc(NC(C)=O)c2)n1. The lowest BCUT2D eigenvalue weighted by Gasteiger charge is -2.17. The van der Waals surface area contributed by atoms with Gasteiger partial charge in [0.25, 0.3) is 0 Å². The zero-order valence-electron chi connectivity index (χ0n) is 13.6. The van der Waals surface area contributed by atoms with Crippen molar-refractivity contribution < 1.29 is 9.59 Å². The summed E-state index contributed by atoms with van der Waals surface area (Å²) in [4.78, 5) is 29.6. The Bertz CT molecular complexity index is 693. The number of likely N-dealkylation sites (N-methyl/N-ethyl adjacent to an activating group) is 1. The fourth-order valence-electron chi connectivity index (χ4n) is 2.30.